The molecule has 0 amide bonds. The van der Waals surface area contributed by atoms with E-state index in [4.69, 9.17) is 15.2 Å². The van der Waals surface area contributed by atoms with Crippen LogP contribution in [0.1, 0.15) is 11.1 Å². The lowest BCUT2D eigenvalue weighted by Crippen LogP contribution is -2.31. The van der Waals surface area contributed by atoms with Crippen LogP contribution in [0.5, 0.6) is 11.5 Å². The first-order valence-corrected chi connectivity index (χ1v) is 7.51. The van der Waals surface area contributed by atoms with Crippen molar-refractivity contribution in [3.63, 3.8) is 0 Å². The SMILES string of the molecule is COc1ccc(CN=C(N)NCc2ccc([N+](=O)[O-])cc2)cc1OC. The summed E-state index contributed by atoms with van der Waals surface area (Å²) in [6.07, 6.45) is 0. The molecule has 0 aliphatic rings. The van der Waals surface area contributed by atoms with Crippen LogP contribution in [0.2, 0.25) is 0 Å². The minimum Gasteiger partial charge on any atom is -0.493 e. The van der Waals surface area contributed by atoms with E-state index in [9.17, 15) is 10.1 Å². The molecule has 2 aromatic rings. The van der Waals surface area contributed by atoms with E-state index in [1.807, 2.05) is 18.2 Å². The summed E-state index contributed by atoms with van der Waals surface area (Å²) in [6.45, 7) is 0.818. The van der Waals surface area contributed by atoms with Crippen molar-refractivity contribution in [2.24, 2.45) is 10.7 Å². The van der Waals surface area contributed by atoms with Crippen molar-refractivity contribution in [1.82, 2.24) is 5.32 Å². The molecule has 0 fully saturated rings. The number of nitrogens with two attached hydrogens (primary N) is 1. The van der Waals surface area contributed by atoms with Gasteiger partial charge in [-0.25, -0.2) is 4.99 Å². The quantitative estimate of drug-likeness (QED) is 0.345. The Hall–Kier alpha value is -3.29. The molecular formula is C17H20N4O4. The Kier molecular flexibility index (Phi) is 6.16. The molecule has 0 heterocycles. The minimum absolute atomic E-state index is 0.0545. The Labute approximate surface area is 145 Å². The molecule has 0 spiro atoms. The Morgan fingerprint density at radius 3 is 2.36 bits per heavy atom. The molecule has 0 bridgehead atoms. The number of hydrogen-bond acceptors (Lipinski definition) is 5. The van der Waals surface area contributed by atoms with Gasteiger partial charge in [-0.15, -0.1) is 0 Å². The van der Waals surface area contributed by atoms with E-state index in [1.165, 1.54) is 12.1 Å². The maximum absolute atomic E-state index is 10.6. The van der Waals surface area contributed by atoms with Gasteiger partial charge in [-0.1, -0.05) is 18.2 Å². The van der Waals surface area contributed by atoms with Crippen molar-refractivity contribution in [3.05, 3.63) is 63.7 Å². The highest BCUT2D eigenvalue weighted by atomic mass is 16.6. The van der Waals surface area contributed by atoms with Crippen molar-refractivity contribution in [3.8, 4) is 11.5 Å². The summed E-state index contributed by atoms with van der Waals surface area (Å²) in [7, 11) is 3.15. The summed E-state index contributed by atoms with van der Waals surface area (Å²) in [5, 5.41) is 13.6. The maximum atomic E-state index is 10.6. The second-order valence-corrected chi connectivity index (χ2v) is 5.17. The van der Waals surface area contributed by atoms with Crippen LogP contribution >= 0.6 is 0 Å². The van der Waals surface area contributed by atoms with Gasteiger partial charge in [0.2, 0.25) is 0 Å². The Bertz CT molecular complexity index is 760. The topological polar surface area (TPSA) is 112 Å². The van der Waals surface area contributed by atoms with Crippen molar-refractivity contribution in [2.75, 3.05) is 14.2 Å². The standard InChI is InChI=1S/C17H20N4O4/c1-24-15-8-5-13(9-16(15)25-2)11-20-17(18)19-10-12-3-6-14(7-4-12)21(22)23/h3-9H,10-11H2,1-2H3,(H3,18,19,20). The molecule has 3 N–H and O–H groups in total. The normalized spacial score (nSPS) is 11.0. The second-order valence-electron chi connectivity index (χ2n) is 5.17. The number of ether oxygens (including phenoxy) is 2. The average Bonchev–Trinajstić information content (AvgIpc) is 2.64. The van der Waals surface area contributed by atoms with Crippen molar-refractivity contribution >= 4 is 11.6 Å². The summed E-state index contributed by atoms with van der Waals surface area (Å²) in [6, 6.07) is 11.8. The molecule has 25 heavy (non-hydrogen) atoms. The van der Waals surface area contributed by atoms with E-state index in [0.29, 0.717) is 24.6 Å². The number of nitrogens with zero attached hydrogens (tertiary/aromatic N) is 2. The van der Waals surface area contributed by atoms with Crippen molar-refractivity contribution in [2.45, 2.75) is 13.1 Å². The third kappa shape index (κ3) is 5.10. The molecule has 132 valence electrons. The van der Waals surface area contributed by atoms with Crippen LogP contribution < -0.4 is 20.5 Å². The van der Waals surface area contributed by atoms with Crippen LogP contribution in [0.4, 0.5) is 5.69 Å². The number of benzene rings is 2. The van der Waals surface area contributed by atoms with E-state index < -0.39 is 4.92 Å². The van der Waals surface area contributed by atoms with Crippen LogP contribution in [-0.2, 0) is 13.1 Å². The van der Waals surface area contributed by atoms with Gasteiger partial charge in [-0.2, -0.15) is 0 Å². The van der Waals surface area contributed by atoms with Gasteiger partial charge in [-0.05, 0) is 23.3 Å². The zero-order valence-electron chi connectivity index (χ0n) is 14.1. The fourth-order valence-electron chi connectivity index (χ4n) is 2.14. The summed E-state index contributed by atoms with van der Waals surface area (Å²) in [5.74, 6) is 1.57. The summed E-state index contributed by atoms with van der Waals surface area (Å²) < 4.78 is 10.4. The van der Waals surface area contributed by atoms with Crippen LogP contribution in [0, 0.1) is 10.1 Å². The first-order valence-electron chi connectivity index (χ1n) is 7.51. The maximum Gasteiger partial charge on any atom is 0.269 e. The van der Waals surface area contributed by atoms with Crippen LogP contribution in [0.15, 0.2) is 47.5 Å². The highest BCUT2D eigenvalue weighted by Crippen LogP contribution is 2.27. The summed E-state index contributed by atoms with van der Waals surface area (Å²) >= 11 is 0. The molecule has 2 rings (SSSR count). The predicted octanol–water partition coefficient (Wildman–Crippen LogP) is 2.22. The Morgan fingerprint density at radius 2 is 1.76 bits per heavy atom. The van der Waals surface area contributed by atoms with Gasteiger partial charge < -0.3 is 20.5 Å². The lowest BCUT2D eigenvalue weighted by atomic mass is 10.2. The molecule has 0 radical (unpaired) electrons. The molecule has 8 nitrogen and oxygen atoms in total. The zero-order chi connectivity index (χ0) is 18.2. The van der Waals surface area contributed by atoms with Gasteiger partial charge in [0, 0.05) is 18.7 Å². The van der Waals surface area contributed by atoms with Crippen molar-refractivity contribution in [1.29, 1.82) is 0 Å². The largest absolute Gasteiger partial charge is 0.493 e. The number of aliphatic imine (C=N–C) groups is 1. The van der Waals surface area contributed by atoms with Gasteiger partial charge in [0.25, 0.3) is 5.69 Å². The van der Waals surface area contributed by atoms with Gasteiger partial charge in [0.1, 0.15) is 0 Å². The molecule has 0 aromatic heterocycles. The number of nitro benzene ring substituents is 1. The molecular weight excluding hydrogens is 324 g/mol. The van der Waals surface area contributed by atoms with Crippen LogP contribution in [-0.4, -0.2) is 25.1 Å². The zero-order valence-corrected chi connectivity index (χ0v) is 14.1. The first-order chi connectivity index (χ1) is 12.0. The van der Waals surface area contributed by atoms with Gasteiger partial charge in [0.05, 0.1) is 25.7 Å². The van der Waals surface area contributed by atoms with Crippen LogP contribution in [0.25, 0.3) is 0 Å². The molecule has 0 atom stereocenters. The number of non-ortho nitro benzene ring substituents is 1. The van der Waals surface area contributed by atoms with E-state index >= 15 is 0 Å². The molecule has 0 aliphatic heterocycles. The lowest BCUT2D eigenvalue weighted by Gasteiger charge is -2.09. The third-order valence-corrected chi connectivity index (χ3v) is 3.50. The van der Waals surface area contributed by atoms with Gasteiger partial charge in [-0.3, -0.25) is 10.1 Å². The molecule has 0 unspecified atom stereocenters. The smallest absolute Gasteiger partial charge is 0.269 e. The molecule has 0 aliphatic carbocycles. The number of methoxy groups -OCH3 is 2. The number of rotatable bonds is 7. The average molecular weight is 344 g/mol. The fraction of sp³-hybridized carbons (Fsp3) is 0.235. The van der Waals surface area contributed by atoms with Gasteiger partial charge in [0.15, 0.2) is 17.5 Å². The van der Waals surface area contributed by atoms with E-state index in [2.05, 4.69) is 10.3 Å². The van der Waals surface area contributed by atoms with Crippen molar-refractivity contribution < 1.29 is 14.4 Å². The molecule has 8 heteroatoms. The first kappa shape index (κ1) is 18.1. The highest BCUT2D eigenvalue weighted by Gasteiger charge is 2.05. The Morgan fingerprint density at radius 1 is 1.12 bits per heavy atom. The van der Waals surface area contributed by atoms with E-state index in [-0.39, 0.29) is 11.6 Å². The number of nitro groups is 1. The number of guanidine groups is 1. The Balaban J connectivity index is 1.92. The van der Waals surface area contributed by atoms with E-state index in [1.54, 1.807) is 26.4 Å². The monoisotopic (exact) mass is 344 g/mol. The molecule has 2 aromatic carbocycles. The summed E-state index contributed by atoms with van der Waals surface area (Å²) in [5.41, 5.74) is 7.70. The minimum atomic E-state index is -0.434. The second kappa shape index (κ2) is 8.53. The fourth-order valence-corrected chi connectivity index (χ4v) is 2.14. The highest BCUT2D eigenvalue weighted by molar-refractivity contribution is 5.77. The molecule has 0 saturated heterocycles. The third-order valence-electron chi connectivity index (χ3n) is 3.50. The van der Waals surface area contributed by atoms with Gasteiger partial charge >= 0.3 is 0 Å². The lowest BCUT2D eigenvalue weighted by molar-refractivity contribution is -0.384. The predicted molar refractivity (Wildman–Crippen MR) is 94.8 cm³/mol. The number of hydrogen-bond donors (Lipinski definition) is 2. The summed E-state index contributed by atoms with van der Waals surface area (Å²) in [4.78, 5) is 14.4. The number of nitrogens with one attached hydrogen (secondary N) is 1. The van der Waals surface area contributed by atoms with Crippen LogP contribution in [0.3, 0.4) is 0 Å². The van der Waals surface area contributed by atoms with E-state index in [0.717, 1.165) is 11.1 Å². The molecule has 0 saturated carbocycles.